The average Bonchev–Trinajstić information content (AvgIpc) is 2.70. The molecule has 1 saturated heterocycles. The molecule has 0 saturated carbocycles. The van der Waals surface area contributed by atoms with Gasteiger partial charge in [0.1, 0.15) is 4.90 Å². The summed E-state index contributed by atoms with van der Waals surface area (Å²) in [7, 11) is -3.82. The van der Waals surface area contributed by atoms with Crippen molar-refractivity contribution in [3.8, 4) is 0 Å². The summed E-state index contributed by atoms with van der Waals surface area (Å²) in [5.74, 6) is 0. The van der Waals surface area contributed by atoms with Gasteiger partial charge in [-0.25, -0.2) is 8.42 Å². The van der Waals surface area contributed by atoms with Crippen LogP contribution in [0.15, 0.2) is 23.1 Å². The van der Waals surface area contributed by atoms with Crippen LogP contribution in [0.5, 0.6) is 0 Å². The van der Waals surface area contributed by atoms with E-state index in [9.17, 15) is 18.6 Å². The predicted molar refractivity (Wildman–Crippen MR) is 70.1 cm³/mol. The highest BCUT2D eigenvalue weighted by Crippen LogP contribution is 2.28. The summed E-state index contributed by atoms with van der Waals surface area (Å²) < 4.78 is 25.7. The Balaban J connectivity index is 2.35. The van der Waals surface area contributed by atoms with E-state index in [2.05, 4.69) is 0 Å². The lowest BCUT2D eigenvalue weighted by Gasteiger charge is -2.16. The van der Waals surface area contributed by atoms with E-state index < -0.39 is 22.2 Å². The first-order valence-corrected chi connectivity index (χ1v) is 7.53. The van der Waals surface area contributed by atoms with Crippen LogP contribution in [-0.4, -0.2) is 48.2 Å². The van der Waals surface area contributed by atoms with E-state index >= 15 is 0 Å². The van der Waals surface area contributed by atoms with Gasteiger partial charge in [0.25, 0.3) is 0 Å². The van der Waals surface area contributed by atoms with Crippen molar-refractivity contribution in [2.75, 3.05) is 13.1 Å². The van der Waals surface area contributed by atoms with Gasteiger partial charge < -0.3 is 15.9 Å². The minimum atomic E-state index is -3.82. The summed E-state index contributed by atoms with van der Waals surface area (Å²) in [6, 6.07) is 4.47. The zero-order chi connectivity index (χ0) is 14.2. The molecule has 0 radical (unpaired) electrons. The fourth-order valence-corrected chi connectivity index (χ4v) is 3.97. The molecule has 1 fully saturated rings. The first-order chi connectivity index (χ1) is 8.86. The maximum atomic E-state index is 12.3. The highest BCUT2D eigenvalue weighted by molar-refractivity contribution is 7.89. The van der Waals surface area contributed by atoms with Crippen molar-refractivity contribution in [2.24, 2.45) is 5.73 Å². The Morgan fingerprint density at radius 2 is 1.89 bits per heavy atom. The Hall–Kier alpha value is -0.700. The SMILES string of the molecule is NCc1ccc(S(=O)(=O)N2CC(O)C(O)C2)c(Cl)c1. The van der Waals surface area contributed by atoms with Gasteiger partial charge in [-0.3, -0.25) is 0 Å². The lowest BCUT2D eigenvalue weighted by molar-refractivity contribution is 0.0572. The number of hydrogen-bond donors (Lipinski definition) is 3. The van der Waals surface area contributed by atoms with Crippen molar-refractivity contribution in [3.05, 3.63) is 28.8 Å². The van der Waals surface area contributed by atoms with Crippen LogP contribution in [-0.2, 0) is 16.6 Å². The van der Waals surface area contributed by atoms with Gasteiger partial charge >= 0.3 is 0 Å². The number of β-amino-alcohol motifs (C(OH)–C–C–N with tert-alkyl or cyclic N) is 2. The molecule has 2 atom stereocenters. The number of halogens is 1. The van der Waals surface area contributed by atoms with E-state index in [4.69, 9.17) is 17.3 Å². The van der Waals surface area contributed by atoms with Gasteiger partial charge in [0.05, 0.1) is 17.2 Å². The molecule has 1 aliphatic rings. The lowest BCUT2D eigenvalue weighted by atomic mass is 10.2. The lowest BCUT2D eigenvalue weighted by Crippen LogP contribution is -2.30. The van der Waals surface area contributed by atoms with Gasteiger partial charge in [-0.2, -0.15) is 4.31 Å². The third-order valence-electron chi connectivity index (χ3n) is 3.08. The zero-order valence-corrected chi connectivity index (χ0v) is 11.6. The van der Waals surface area contributed by atoms with Crippen LogP contribution in [0.25, 0.3) is 0 Å². The molecule has 2 unspecified atom stereocenters. The Morgan fingerprint density at radius 1 is 1.32 bits per heavy atom. The molecular weight excluding hydrogens is 292 g/mol. The van der Waals surface area contributed by atoms with Crippen LogP contribution in [0, 0.1) is 0 Å². The molecule has 0 aliphatic carbocycles. The molecule has 6 nitrogen and oxygen atoms in total. The molecule has 106 valence electrons. The monoisotopic (exact) mass is 306 g/mol. The summed E-state index contributed by atoms with van der Waals surface area (Å²) in [5.41, 5.74) is 6.18. The normalized spacial score (nSPS) is 24.8. The molecule has 19 heavy (non-hydrogen) atoms. The summed E-state index contributed by atoms with van der Waals surface area (Å²) in [5, 5.41) is 18.9. The van der Waals surface area contributed by atoms with Gasteiger partial charge in [0.15, 0.2) is 0 Å². The van der Waals surface area contributed by atoms with Crippen LogP contribution in [0.4, 0.5) is 0 Å². The number of benzene rings is 1. The first kappa shape index (κ1) is 14.7. The largest absolute Gasteiger partial charge is 0.389 e. The summed E-state index contributed by atoms with van der Waals surface area (Å²) in [6.45, 7) is -0.0157. The molecule has 0 amide bonds. The number of nitrogens with zero attached hydrogens (tertiary/aromatic N) is 1. The minimum Gasteiger partial charge on any atom is -0.389 e. The summed E-state index contributed by atoms with van der Waals surface area (Å²) >= 11 is 5.96. The van der Waals surface area contributed by atoms with E-state index in [0.717, 1.165) is 9.87 Å². The molecule has 0 bridgehead atoms. The third kappa shape index (κ3) is 2.76. The first-order valence-electron chi connectivity index (χ1n) is 5.71. The molecule has 1 aromatic rings. The Bertz CT molecular complexity index is 568. The van der Waals surface area contributed by atoms with Gasteiger partial charge in [0.2, 0.25) is 10.0 Å². The van der Waals surface area contributed by atoms with Crippen molar-refractivity contribution in [1.82, 2.24) is 4.31 Å². The van der Waals surface area contributed by atoms with Crippen LogP contribution >= 0.6 is 11.6 Å². The van der Waals surface area contributed by atoms with E-state index in [1.807, 2.05) is 0 Å². The van der Waals surface area contributed by atoms with E-state index in [0.29, 0.717) is 0 Å². The van der Waals surface area contributed by atoms with Gasteiger partial charge in [-0.05, 0) is 17.7 Å². The number of sulfonamides is 1. The fraction of sp³-hybridized carbons (Fsp3) is 0.455. The molecule has 1 aliphatic heterocycles. The van der Waals surface area contributed by atoms with Crippen molar-refractivity contribution in [3.63, 3.8) is 0 Å². The summed E-state index contributed by atoms with van der Waals surface area (Å²) in [6.07, 6.45) is -2.14. The second kappa shape index (κ2) is 5.35. The molecule has 8 heteroatoms. The molecule has 2 rings (SSSR count). The standard InChI is InChI=1S/C11H15ClN2O4S/c12-8-3-7(4-13)1-2-11(8)19(17,18)14-5-9(15)10(16)6-14/h1-3,9-10,15-16H,4-6,13H2. The fourth-order valence-electron chi connectivity index (χ4n) is 1.95. The number of nitrogens with two attached hydrogens (primary N) is 1. The van der Waals surface area contributed by atoms with E-state index in [1.54, 1.807) is 6.07 Å². The van der Waals surface area contributed by atoms with Crippen LogP contribution in [0.3, 0.4) is 0 Å². The molecule has 1 heterocycles. The quantitative estimate of drug-likeness (QED) is 0.700. The minimum absolute atomic E-state index is 0.0485. The average molecular weight is 307 g/mol. The number of rotatable bonds is 3. The number of hydrogen-bond acceptors (Lipinski definition) is 5. The van der Waals surface area contributed by atoms with Crippen molar-refractivity contribution < 1.29 is 18.6 Å². The maximum Gasteiger partial charge on any atom is 0.244 e. The van der Waals surface area contributed by atoms with Gasteiger partial charge in [0, 0.05) is 19.6 Å². The molecule has 1 aromatic carbocycles. The van der Waals surface area contributed by atoms with Crippen LogP contribution in [0.1, 0.15) is 5.56 Å². The molecule has 4 N–H and O–H groups in total. The van der Waals surface area contributed by atoms with Crippen LogP contribution in [0.2, 0.25) is 5.02 Å². The highest BCUT2D eigenvalue weighted by atomic mass is 35.5. The Kier molecular flexibility index (Phi) is 4.14. The third-order valence-corrected chi connectivity index (χ3v) is 5.39. The smallest absolute Gasteiger partial charge is 0.244 e. The number of aliphatic hydroxyl groups is 2. The van der Waals surface area contributed by atoms with Gasteiger partial charge in [-0.15, -0.1) is 0 Å². The zero-order valence-electron chi connectivity index (χ0n) is 10.0. The number of aliphatic hydroxyl groups excluding tert-OH is 2. The molecular formula is C11H15ClN2O4S. The van der Waals surface area contributed by atoms with Crippen LogP contribution < -0.4 is 5.73 Å². The topological polar surface area (TPSA) is 104 Å². The maximum absolute atomic E-state index is 12.3. The van der Waals surface area contributed by atoms with Crippen molar-refractivity contribution in [2.45, 2.75) is 23.6 Å². The second-order valence-corrected chi connectivity index (χ2v) is 6.74. The highest BCUT2D eigenvalue weighted by Gasteiger charge is 2.38. The Morgan fingerprint density at radius 3 is 2.37 bits per heavy atom. The van der Waals surface area contributed by atoms with Crippen molar-refractivity contribution >= 4 is 21.6 Å². The molecule has 0 aromatic heterocycles. The summed E-state index contributed by atoms with van der Waals surface area (Å²) in [4.78, 5) is -0.0485. The predicted octanol–water partition coefficient (Wildman–Crippen LogP) is -0.475. The molecule has 0 spiro atoms. The second-order valence-electron chi connectivity index (χ2n) is 4.43. The van der Waals surface area contributed by atoms with E-state index in [-0.39, 0.29) is 29.6 Å². The van der Waals surface area contributed by atoms with E-state index in [1.165, 1.54) is 12.1 Å². The van der Waals surface area contributed by atoms with Gasteiger partial charge in [-0.1, -0.05) is 17.7 Å². The van der Waals surface area contributed by atoms with Crippen molar-refractivity contribution in [1.29, 1.82) is 0 Å². The Labute approximate surface area is 116 Å².